The summed E-state index contributed by atoms with van der Waals surface area (Å²) >= 11 is 6.27. The summed E-state index contributed by atoms with van der Waals surface area (Å²) in [5, 5.41) is 17.0. The second-order valence-corrected chi connectivity index (χ2v) is 24.8. The van der Waals surface area contributed by atoms with Crippen LogP contribution in [0.3, 0.4) is 0 Å². The minimum absolute atomic E-state index is 0.103. The summed E-state index contributed by atoms with van der Waals surface area (Å²) in [6, 6.07) is 21.1. The lowest BCUT2D eigenvalue weighted by atomic mass is 9.72. The fourth-order valence-corrected chi connectivity index (χ4v) is 12.9. The van der Waals surface area contributed by atoms with Crippen LogP contribution in [0.15, 0.2) is 89.5 Å². The molecule has 3 aliphatic heterocycles. The highest BCUT2D eigenvalue weighted by Crippen LogP contribution is 2.55. The molecule has 0 bridgehead atoms. The fraction of sp³-hybridized carbons (Fsp3) is 0.417. The second kappa shape index (κ2) is 18.4. The second-order valence-electron chi connectivity index (χ2n) is 19.1. The molecule has 0 radical (unpaired) electrons. The van der Waals surface area contributed by atoms with Gasteiger partial charge in [0, 0.05) is 67.6 Å². The molecular weight excluding hydrogens is 899 g/mol. The van der Waals surface area contributed by atoms with Crippen LogP contribution in [0.1, 0.15) is 61.9 Å². The fourth-order valence-electron chi connectivity index (χ4n) is 9.74. The van der Waals surface area contributed by atoms with E-state index < -0.39 is 38.9 Å². The number of nitrogens with zero attached hydrogens (tertiary/aromatic N) is 5. The molecule has 0 atom stereocenters. The smallest absolute Gasteiger partial charge is 0.293 e. The number of nitro benzene ring substituents is 1. The Morgan fingerprint density at radius 2 is 1.77 bits per heavy atom. The normalized spacial score (nSPS) is 21.3. The van der Waals surface area contributed by atoms with Gasteiger partial charge in [-0.15, -0.1) is 0 Å². The van der Waals surface area contributed by atoms with Crippen LogP contribution in [0, 0.1) is 21.4 Å². The Morgan fingerprint density at radius 1 is 1.02 bits per heavy atom. The number of benzene rings is 3. The third-order valence-corrected chi connectivity index (χ3v) is 17.7. The highest BCUT2D eigenvalue weighted by Gasteiger charge is 2.36. The minimum Gasteiger partial charge on any atom is -0.474 e. The maximum Gasteiger partial charge on any atom is 0.293 e. The SMILES string of the molecule is CC1(C)CCC(CN2CCN(c3ccc(C(=O)NS(=O)(=O)c4ccc(NCC5CC[P+](C)(O)CC5)c([N+](=O)[O-])c4)c(N4CCOc5nc6[nH]ccc6cc54)c3)CC2)=C(c2ccc(Cl)cc2)C1. The van der Waals surface area contributed by atoms with Crippen molar-refractivity contribution < 1.29 is 27.8 Å². The van der Waals surface area contributed by atoms with Crippen LogP contribution in [0.2, 0.25) is 5.02 Å². The van der Waals surface area contributed by atoms with Crippen LogP contribution in [0.25, 0.3) is 16.6 Å². The van der Waals surface area contributed by atoms with Crippen molar-refractivity contribution in [3.8, 4) is 5.88 Å². The quantitative estimate of drug-likeness (QED) is 0.0530. The number of ether oxygens (including phenoxy) is 1. The molecule has 5 aromatic rings. The molecule has 9 rings (SSSR count). The monoisotopic (exact) mass is 955 g/mol. The van der Waals surface area contributed by atoms with Gasteiger partial charge in [0.25, 0.3) is 21.6 Å². The molecule has 5 heterocycles. The van der Waals surface area contributed by atoms with Crippen LogP contribution in [0.4, 0.5) is 28.4 Å². The lowest BCUT2D eigenvalue weighted by Gasteiger charge is -2.39. The first-order chi connectivity index (χ1) is 31.5. The maximum atomic E-state index is 14.3. The van der Waals surface area contributed by atoms with Gasteiger partial charge in [0.2, 0.25) is 5.88 Å². The molecule has 2 fully saturated rings. The molecule has 15 nitrogen and oxygen atoms in total. The molecule has 66 heavy (non-hydrogen) atoms. The number of carbonyl (C=O) groups is 1. The first-order valence-electron chi connectivity index (χ1n) is 22.6. The molecule has 1 amide bonds. The van der Waals surface area contributed by atoms with E-state index in [0.717, 1.165) is 99.3 Å². The van der Waals surface area contributed by atoms with E-state index in [0.29, 0.717) is 36.0 Å². The standard InChI is InChI=1S/C48H56ClN8O7PS/c1-48(2)16-12-35(40(29-48)33-4-6-36(49)7-5-33)31-54-18-20-55(21-19-54)37-8-10-39(42(27-37)56-22-23-64-47-44(56)26-34-13-17-50-45(34)52-47)46(58)53-66(62,63)38-9-11-41(43(28-38)57(59)60)51-30-32-14-24-65(3,61)25-15-32/h4-11,13,17,26-28,32,51,61H,12,14-16,18-25,29-31H2,1-3H3,(H-,50,52,53,58)/p+1. The number of sulfonamides is 1. The summed E-state index contributed by atoms with van der Waals surface area (Å²) in [7, 11) is -6.45. The Hall–Kier alpha value is -5.25. The number of nitrogens with one attached hydrogen (secondary N) is 3. The molecule has 0 spiro atoms. The van der Waals surface area contributed by atoms with E-state index in [-0.39, 0.29) is 29.2 Å². The van der Waals surface area contributed by atoms with Crippen LogP contribution < -0.4 is 24.6 Å². The Morgan fingerprint density at radius 3 is 2.52 bits per heavy atom. The van der Waals surface area contributed by atoms with E-state index in [2.05, 4.69) is 50.8 Å². The van der Waals surface area contributed by atoms with Gasteiger partial charge in [0.1, 0.15) is 31.1 Å². The predicted octanol–water partition coefficient (Wildman–Crippen LogP) is 8.94. The van der Waals surface area contributed by atoms with Gasteiger partial charge in [0.05, 0.1) is 46.6 Å². The number of aromatic nitrogens is 2. The molecule has 0 unspecified atom stereocenters. The van der Waals surface area contributed by atoms with Crippen molar-refractivity contribution in [1.29, 1.82) is 0 Å². The number of hydrogen-bond donors (Lipinski definition) is 4. The zero-order valence-corrected chi connectivity index (χ0v) is 40.0. The topological polar surface area (TPSA) is 186 Å². The molecule has 1 aliphatic carbocycles. The number of aromatic amines is 1. The first kappa shape index (κ1) is 45.9. The van der Waals surface area contributed by atoms with Crippen molar-refractivity contribution in [3.63, 3.8) is 0 Å². The van der Waals surface area contributed by atoms with Gasteiger partial charge < -0.3 is 24.8 Å². The molecule has 2 aromatic heterocycles. The molecule has 18 heteroatoms. The number of rotatable bonds is 12. The third kappa shape index (κ3) is 10.0. The van der Waals surface area contributed by atoms with Gasteiger partial charge in [-0.1, -0.05) is 43.2 Å². The number of carbonyl (C=O) groups excluding carboxylic acids is 1. The highest BCUT2D eigenvalue weighted by molar-refractivity contribution is 7.90. The van der Waals surface area contributed by atoms with E-state index in [1.54, 1.807) is 12.3 Å². The Kier molecular flexibility index (Phi) is 12.8. The van der Waals surface area contributed by atoms with Crippen LogP contribution >= 0.6 is 19.1 Å². The van der Waals surface area contributed by atoms with Gasteiger partial charge in [-0.25, -0.2) is 13.1 Å². The predicted molar refractivity (Wildman–Crippen MR) is 263 cm³/mol. The van der Waals surface area contributed by atoms with Crippen molar-refractivity contribution in [2.75, 3.05) is 86.5 Å². The van der Waals surface area contributed by atoms with Crippen molar-refractivity contribution in [1.82, 2.24) is 19.6 Å². The van der Waals surface area contributed by atoms with Gasteiger partial charge >= 0.3 is 0 Å². The zero-order valence-electron chi connectivity index (χ0n) is 37.6. The summed E-state index contributed by atoms with van der Waals surface area (Å²) in [6.07, 6.45) is 8.11. The number of piperazine rings is 1. The van der Waals surface area contributed by atoms with Crippen molar-refractivity contribution in [2.45, 2.75) is 50.8 Å². The number of H-pyrrole nitrogens is 1. The van der Waals surface area contributed by atoms with Crippen molar-refractivity contribution >= 4 is 80.1 Å². The summed E-state index contributed by atoms with van der Waals surface area (Å²) in [5.41, 5.74) is 6.86. The summed E-state index contributed by atoms with van der Waals surface area (Å²) < 4.78 is 36.1. The lowest BCUT2D eigenvalue weighted by Crippen LogP contribution is -2.47. The molecule has 3 aromatic carbocycles. The van der Waals surface area contributed by atoms with E-state index >= 15 is 0 Å². The van der Waals surface area contributed by atoms with Crippen molar-refractivity contribution in [2.24, 2.45) is 11.3 Å². The number of fused-ring (bicyclic) bond motifs is 2. The van der Waals surface area contributed by atoms with Gasteiger partial charge in [-0.2, -0.15) is 4.98 Å². The van der Waals surface area contributed by atoms with Gasteiger partial charge in [-0.05, 0) is 109 Å². The van der Waals surface area contributed by atoms with Crippen LogP contribution in [0.5, 0.6) is 5.88 Å². The number of amides is 1. The summed E-state index contributed by atoms with van der Waals surface area (Å²) in [5.74, 6) is -0.273. The highest BCUT2D eigenvalue weighted by atomic mass is 35.5. The van der Waals surface area contributed by atoms with E-state index in [1.165, 1.54) is 28.8 Å². The molecule has 348 valence electrons. The number of pyridine rings is 1. The molecule has 4 aliphatic rings. The average Bonchev–Trinajstić information content (AvgIpc) is 3.76. The number of allylic oxidation sites excluding steroid dienone is 1. The van der Waals surface area contributed by atoms with Crippen LogP contribution in [-0.2, 0) is 10.0 Å². The Labute approximate surface area is 391 Å². The number of halogens is 1. The average molecular weight is 957 g/mol. The first-order valence-corrected chi connectivity index (χ1v) is 27.1. The summed E-state index contributed by atoms with van der Waals surface area (Å²) in [4.78, 5) is 50.5. The van der Waals surface area contributed by atoms with Gasteiger partial charge in [-0.3, -0.25) is 24.7 Å². The molecule has 2 saturated heterocycles. The third-order valence-electron chi connectivity index (χ3n) is 13.7. The van der Waals surface area contributed by atoms with E-state index in [9.17, 15) is 28.2 Å². The number of hydrogen-bond acceptors (Lipinski definition) is 12. The molecule has 0 saturated carbocycles. The molecule has 4 N–H and O–H groups in total. The van der Waals surface area contributed by atoms with Crippen LogP contribution in [-0.4, -0.2) is 110 Å². The Bertz CT molecular complexity index is 2800. The maximum absolute atomic E-state index is 14.3. The van der Waals surface area contributed by atoms with E-state index in [4.69, 9.17) is 21.3 Å². The van der Waals surface area contributed by atoms with Gasteiger partial charge in [0.15, 0.2) is 0 Å². The number of nitro groups is 1. The zero-order chi connectivity index (χ0) is 46.4. The summed E-state index contributed by atoms with van der Waals surface area (Å²) in [6.45, 7) is 11.7. The lowest BCUT2D eigenvalue weighted by molar-refractivity contribution is -0.384. The minimum atomic E-state index is -4.58. The molecular formula is C48H57ClN8O7PS+. The largest absolute Gasteiger partial charge is 0.474 e. The Balaban J connectivity index is 0.964. The number of anilines is 4. The van der Waals surface area contributed by atoms with E-state index in [1.807, 2.05) is 48.0 Å². The van der Waals surface area contributed by atoms with Crippen molar-refractivity contribution in [3.05, 3.63) is 111 Å².